The summed E-state index contributed by atoms with van der Waals surface area (Å²) in [5.74, 6) is -1.70. The Balaban J connectivity index is 4.10. The molecule has 0 aliphatic carbocycles. The normalized spacial score (nSPS) is 14.4. The van der Waals surface area contributed by atoms with Crippen LogP contribution < -0.4 is 16.8 Å². The Hall–Kier alpha value is -1.95. The van der Waals surface area contributed by atoms with E-state index in [2.05, 4.69) is 20.0 Å². The fraction of sp³-hybridized carbons (Fsp3) is 0.750. The highest BCUT2D eigenvalue weighted by Crippen LogP contribution is 2.07. The maximum atomic E-state index is 11.7. The first kappa shape index (κ1) is 25.1. The second kappa shape index (κ2) is 14.2. The Morgan fingerprint density at radius 2 is 1.78 bits per heavy atom. The minimum absolute atomic E-state index is 0.0151. The Labute approximate surface area is 154 Å². The Morgan fingerprint density at radius 3 is 2.33 bits per heavy atom. The SMILES string of the molecule is NC(=NCCCC(N)C(=O)O)NC(=O)CCCC(CON(O)O)ON(O)O. The number of nitrogens with zero attached hydrogens (tertiary/aromatic N) is 3. The lowest BCUT2D eigenvalue weighted by Gasteiger charge is -2.18. The Bertz CT molecular complexity index is 476. The molecule has 2 unspecified atom stereocenters. The van der Waals surface area contributed by atoms with E-state index in [9.17, 15) is 9.59 Å². The van der Waals surface area contributed by atoms with E-state index in [1.165, 1.54) is 0 Å². The molecule has 15 nitrogen and oxygen atoms in total. The quantitative estimate of drug-likeness (QED) is 0.0696. The zero-order chi connectivity index (χ0) is 20.8. The van der Waals surface area contributed by atoms with Gasteiger partial charge in [0.1, 0.15) is 18.8 Å². The van der Waals surface area contributed by atoms with Gasteiger partial charge >= 0.3 is 5.97 Å². The zero-order valence-electron chi connectivity index (χ0n) is 14.5. The van der Waals surface area contributed by atoms with Gasteiger partial charge in [-0.25, -0.2) is 9.68 Å². The highest BCUT2D eigenvalue weighted by Gasteiger charge is 2.16. The van der Waals surface area contributed by atoms with Crippen molar-refractivity contribution in [3.05, 3.63) is 0 Å². The summed E-state index contributed by atoms with van der Waals surface area (Å²) in [6.07, 6.45) is -0.0871. The molecule has 158 valence electrons. The third kappa shape index (κ3) is 14.9. The summed E-state index contributed by atoms with van der Waals surface area (Å²) >= 11 is 0. The summed E-state index contributed by atoms with van der Waals surface area (Å²) in [7, 11) is 0. The Kier molecular flexibility index (Phi) is 13.1. The lowest BCUT2D eigenvalue weighted by atomic mass is 10.1. The molecule has 1 amide bonds. The van der Waals surface area contributed by atoms with Crippen LogP contribution in [-0.2, 0) is 19.3 Å². The maximum Gasteiger partial charge on any atom is 0.320 e. The van der Waals surface area contributed by atoms with Gasteiger partial charge < -0.3 is 16.6 Å². The molecule has 0 fully saturated rings. The number of nitrogens with one attached hydrogen (secondary N) is 1. The van der Waals surface area contributed by atoms with E-state index < -0.39 is 41.4 Å². The number of nitrogens with two attached hydrogens (primary N) is 2. The number of hydrogen-bond donors (Lipinski definition) is 8. The van der Waals surface area contributed by atoms with Crippen molar-refractivity contribution >= 4 is 17.8 Å². The molecular formula is C12H26N6O9. The van der Waals surface area contributed by atoms with Crippen molar-refractivity contribution in [1.29, 1.82) is 0 Å². The molecule has 0 saturated carbocycles. The second-order valence-corrected chi connectivity index (χ2v) is 5.32. The van der Waals surface area contributed by atoms with Gasteiger partial charge in [-0.2, -0.15) is 0 Å². The van der Waals surface area contributed by atoms with Crippen LogP contribution in [0, 0.1) is 0 Å². The first-order valence-electron chi connectivity index (χ1n) is 7.85. The van der Waals surface area contributed by atoms with Crippen LogP contribution >= 0.6 is 0 Å². The molecule has 0 aromatic rings. The molecule has 0 radical (unpaired) electrons. The van der Waals surface area contributed by atoms with Crippen LogP contribution in [0.15, 0.2) is 4.99 Å². The number of carbonyl (C=O) groups excluding carboxylic acids is 1. The average Bonchev–Trinajstić information content (AvgIpc) is 2.55. The van der Waals surface area contributed by atoms with Crippen molar-refractivity contribution in [1.82, 2.24) is 16.1 Å². The molecule has 0 spiro atoms. The van der Waals surface area contributed by atoms with E-state index in [0.29, 0.717) is 6.42 Å². The molecule has 0 aliphatic rings. The van der Waals surface area contributed by atoms with Crippen LogP contribution in [0.5, 0.6) is 0 Å². The molecular weight excluding hydrogens is 372 g/mol. The number of aliphatic carboxylic acids is 1. The highest BCUT2D eigenvalue weighted by atomic mass is 17.1. The fourth-order valence-corrected chi connectivity index (χ4v) is 1.82. The van der Waals surface area contributed by atoms with Crippen molar-refractivity contribution < 1.29 is 45.2 Å². The highest BCUT2D eigenvalue weighted by molar-refractivity contribution is 5.96. The maximum absolute atomic E-state index is 11.7. The average molecular weight is 398 g/mol. The number of carboxylic acid groups (broad SMARTS) is 1. The van der Waals surface area contributed by atoms with E-state index in [-0.39, 0.29) is 38.2 Å². The van der Waals surface area contributed by atoms with E-state index in [0.717, 1.165) is 0 Å². The van der Waals surface area contributed by atoms with Crippen molar-refractivity contribution in [2.45, 2.75) is 44.2 Å². The minimum Gasteiger partial charge on any atom is -0.480 e. The lowest BCUT2D eigenvalue weighted by molar-refractivity contribution is -0.527. The Morgan fingerprint density at radius 1 is 1.11 bits per heavy atom. The standard InChI is InChI=1S/C12H26N6O9/c13-9(11(20)21)4-2-6-15-12(14)16-10(19)5-1-3-8(27-18(24)25)7-26-17(22)23/h8-9,22-25H,1-7,13H2,(H,20,21)(H3,14,15,16,19). The molecule has 2 atom stereocenters. The molecule has 0 aliphatic heterocycles. The smallest absolute Gasteiger partial charge is 0.320 e. The topological polar surface area (TPSA) is 237 Å². The lowest BCUT2D eigenvalue weighted by Crippen LogP contribution is -2.37. The first-order valence-corrected chi connectivity index (χ1v) is 7.85. The van der Waals surface area contributed by atoms with Crippen LogP contribution in [0.3, 0.4) is 0 Å². The van der Waals surface area contributed by atoms with Gasteiger partial charge in [0.25, 0.3) is 0 Å². The molecule has 0 aromatic carbocycles. The summed E-state index contributed by atoms with van der Waals surface area (Å²) in [4.78, 5) is 34.9. The zero-order valence-corrected chi connectivity index (χ0v) is 14.5. The van der Waals surface area contributed by atoms with Crippen molar-refractivity contribution in [3.8, 4) is 0 Å². The van der Waals surface area contributed by atoms with E-state index in [4.69, 9.17) is 37.4 Å². The first-order chi connectivity index (χ1) is 12.6. The molecule has 0 aromatic heterocycles. The number of aliphatic imine (C=N–C) groups is 1. The van der Waals surface area contributed by atoms with Gasteiger partial charge in [0.05, 0.1) is 10.8 Å². The number of carbonyl (C=O) groups is 2. The van der Waals surface area contributed by atoms with Gasteiger partial charge in [-0.3, -0.25) is 40.7 Å². The molecule has 15 heteroatoms. The number of guanidine groups is 1. The molecule has 10 N–H and O–H groups in total. The van der Waals surface area contributed by atoms with Gasteiger partial charge in [-0.15, -0.1) is 0 Å². The van der Waals surface area contributed by atoms with Crippen molar-refractivity contribution in [3.63, 3.8) is 0 Å². The molecule has 0 saturated heterocycles. The van der Waals surface area contributed by atoms with Crippen LogP contribution in [0.25, 0.3) is 0 Å². The molecule has 27 heavy (non-hydrogen) atoms. The summed E-state index contributed by atoms with van der Waals surface area (Å²) < 4.78 is 0. The van der Waals surface area contributed by atoms with Gasteiger partial charge in [-0.05, 0) is 25.7 Å². The monoisotopic (exact) mass is 398 g/mol. The van der Waals surface area contributed by atoms with Gasteiger partial charge in [-0.1, -0.05) is 0 Å². The number of hydrogen-bond acceptors (Lipinski definition) is 12. The fourth-order valence-electron chi connectivity index (χ4n) is 1.82. The van der Waals surface area contributed by atoms with Crippen LogP contribution in [0.1, 0.15) is 32.1 Å². The predicted octanol–water partition coefficient (Wildman–Crippen LogP) is -1.83. The van der Waals surface area contributed by atoms with Gasteiger partial charge in [0.15, 0.2) is 5.96 Å². The molecule has 0 heterocycles. The molecule has 0 bridgehead atoms. The number of amides is 1. The van der Waals surface area contributed by atoms with E-state index >= 15 is 0 Å². The number of carboxylic acids is 1. The summed E-state index contributed by atoms with van der Waals surface area (Å²) in [5, 5.41) is 43.9. The summed E-state index contributed by atoms with van der Waals surface area (Å²) in [5.41, 5.74) is 10.9. The van der Waals surface area contributed by atoms with Crippen LogP contribution in [0.2, 0.25) is 0 Å². The van der Waals surface area contributed by atoms with E-state index in [1.54, 1.807) is 0 Å². The van der Waals surface area contributed by atoms with Crippen LogP contribution in [0.4, 0.5) is 0 Å². The molecule has 0 rings (SSSR count). The van der Waals surface area contributed by atoms with Gasteiger partial charge in [0, 0.05) is 13.0 Å². The third-order valence-corrected chi connectivity index (χ3v) is 3.09. The van der Waals surface area contributed by atoms with Gasteiger partial charge in [0.2, 0.25) is 5.91 Å². The number of rotatable bonds is 14. The third-order valence-electron chi connectivity index (χ3n) is 3.09. The summed E-state index contributed by atoms with van der Waals surface area (Å²) in [6, 6.07) is -0.979. The predicted molar refractivity (Wildman–Crippen MR) is 85.0 cm³/mol. The largest absolute Gasteiger partial charge is 0.480 e. The minimum atomic E-state index is -1.11. The van der Waals surface area contributed by atoms with E-state index in [1.807, 2.05) is 0 Å². The second-order valence-electron chi connectivity index (χ2n) is 5.32. The van der Waals surface area contributed by atoms with Crippen LogP contribution in [-0.4, -0.2) is 79.8 Å². The summed E-state index contributed by atoms with van der Waals surface area (Å²) in [6.45, 7) is -0.240. The van der Waals surface area contributed by atoms with Crippen molar-refractivity contribution in [2.75, 3.05) is 13.2 Å². The van der Waals surface area contributed by atoms with Crippen molar-refractivity contribution in [2.24, 2.45) is 16.5 Å².